The number of rotatable bonds is 3. The van der Waals surface area contributed by atoms with Crippen LogP contribution in [-0.4, -0.2) is 9.38 Å². The van der Waals surface area contributed by atoms with Gasteiger partial charge in [0.1, 0.15) is 0 Å². The Morgan fingerprint density at radius 2 is 1.71 bits per heavy atom. The van der Waals surface area contributed by atoms with E-state index in [2.05, 4.69) is 58.0 Å². The molecule has 0 saturated heterocycles. The van der Waals surface area contributed by atoms with Crippen LogP contribution in [0.15, 0.2) is 61.2 Å². The van der Waals surface area contributed by atoms with Gasteiger partial charge in [0.25, 0.3) is 0 Å². The lowest BCUT2D eigenvalue weighted by Gasteiger charge is -2.03. The van der Waals surface area contributed by atoms with Gasteiger partial charge in [-0.1, -0.05) is 36.4 Å². The summed E-state index contributed by atoms with van der Waals surface area (Å²) < 4.78 is 2.07. The highest BCUT2D eigenvalue weighted by Gasteiger charge is 1.97. The predicted octanol–water partition coefficient (Wildman–Crippen LogP) is 3.12. The van der Waals surface area contributed by atoms with Crippen LogP contribution in [-0.2, 0) is 12.8 Å². The van der Waals surface area contributed by atoms with Gasteiger partial charge in [-0.25, -0.2) is 4.98 Å². The van der Waals surface area contributed by atoms with Crippen LogP contribution >= 0.6 is 0 Å². The van der Waals surface area contributed by atoms with E-state index >= 15 is 0 Å². The fourth-order valence-corrected chi connectivity index (χ4v) is 2.05. The number of hydrogen-bond acceptors (Lipinski definition) is 1. The molecule has 0 saturated carbocycles. The molecule has 0 spiro atoms. The topological polar surface area (TPSA) is 17.3 Å². The third-order valence-electron chi connectivity index (χ3n) is 3.01. The molecule has 2 aromatic heterocycles. The lowest BCUT2D eigenvalue weighted by atomic mass is 10.1. The second-order valence-electron chi connectivity index (χ2n) is 4.25. The molecular weight excluding hydrogens is 208 g/mol. The molecule has 3 aromatic rings. The molecular formula is C15H14N2. The zero-order valence-corrected chi connectivity index (χ0v) is 9.58. The van der Waals surface area contributed by atoms with Crippen LogP contribution in [0.4, 0.5) is 0 Å². The Bertz CT molecular complexity index is 611. The number of hydrogen-bond donors (Lipinski definition) is 0. The van der Waals surface area contributed by atoms with Crippen LogP contribution in [0, 0.1) is 0 Å². The number of fused-ring (bicyclic) bond motifs is 1. The van der Waals surface area contributed by atoms with Gasteiger partial charge in [-0.05, 0) is 30.0 Å². The summed E-state index contributed by atoms with van der Waals surface area (Å²) >= 11 is 0. The molecule has 0 bridgehead atoms. The van der Waals surface area contributed by atoms with E-state index in [1.165, 1.54) is 11.1 Å². The van der Waals surface area contributed by atoms with E-state index in [0.29, 0.717) is 0 Å². The fourth-order valence-electron chi connectivity index (χ4n) is 2.05. The summed E-state index contributed by atoms with van der Waals surface area (Å²) in [5, 5.41) is 0. The second kappa shape index (κ2) is 4.42. The molecule has 0 fully saturated rings. The zero-order valence-electron chi connectivity index (χ0n) is 9.58. The standard InChI is InChI=1S/C15H14N2/c1-2-4-13(5-3-1)6-7-14-8-9-15-10-16-12-17(15)11-14/h1-5,8-12H,6-7H2. The molecule has 0 atom stereocenters. The first-order chi connectivity index (χ1) is 8.42. The molecule has 2 nitrogen and oxygen atoms in total. The van der Waals surface area contributed by atoms with E-state index < -0.39 is 0 Å². The van der Waals surface area contributed by atoms with Crippen molar-refractivity contribution in [3.63, 3.8) is 0 Å². The summed E-state index contributed by atoms with van der Waals surface area (Å²) in [5.41, 5.74) is 3.88. The van der Waals surface area contributed by atoms with Crippen molar-refractivity contribution in [2.24, 2.45) is 0 Å². The molecule has 2 heteroatoms. The van der Waals surface area contributed by atoms with Crippen LogP contribution in [0.1, 0.15) is 11.1 Å². The molecule has 1 aromatic carbocycles. The smallest absolute Gasteiger partial charge is 0.0992 e. The molecule has 17 heavy (non-hydrogen) atoms. The SMILES string of the molecule is c1ccc(CCc2ccc3cncn3c2)cc1. The van der Waals surface area contributed by atoms with E-state index in [0.717, 1.165) is 18.4 Å². The second-order valence-corrected chi connectivity index (χ2v) is 4.25. The monoisotopic (exact) mass is 222 g/mol. The van der Waals surface area contributed by atoms with Crippen molar-refractivity contribution < 1.29 is 0 Å². The predicted molar refractivity (Wildman–Crippen MR) is 69.0 cm³/mol. The van der Waals surface area contributed by atoms with Crippen LogP contribution in [0.2, 0.25) is 0 Å². The number of nitrogens with zero attached hydrogens (tertiary/aromatic N) is 2. The molecule has 0 aliphatic rings. The number of aryl methyl sites for hydroxylation is 2. The fraction of sp³-hybridized carbons (Fsp3) is 0.133. The average molecular weight is 222 g/mol. The minimum Gasteiger partial charge on any atom is -0.306 e. The molecule has 3 rings (SSSR count). The van der Waals surface area contributed by atoms with Gasteiger partial charge in [0.05, 0.1) is 18.0 Å². The van der Waals surface area contributed by atoms with Gasteiger partial charge in [0.2, 0.25) is 0 Å². The lowest BCUT2D eigenvalue weighted by molar-refractivity contribution is 0.942. The first-order valence-electron chi connectivity index (χ1n) is 5.86. The third-order valence-corrected chi connectivity index (χ3v) is 3.01. The normalized spacial score (nSPS) is 10.8. The van der Waals surface area contributed by atoms with Crippen LogP contribution in [0.25, 0.3) is 5.52 Å². The number of pyridine rings is 1. The molecule has 0 unspecified atom stereocenters. The van der Waals surface area contributed by atoms with Crippen molar-refractivity contribution in [2.75, 3.05) is 0 Å². The zero-order chi connectivity index (χ0) is 11.5. The van der Waals surface area contributed by atoms with Gasteiger partial charge in [-0.15, -0.1) is 0 Å². The molecule has 0 amide bonds. The Morgan fingerprint density at radius 1 is 0.882 bits per heavy atom. The van der Waals surface area contributed by atoms with Crippen molar-refractivity contribution >= 4 is 5.52 Å². The summed E-state index contributed by atoms with van der Waals surface area (Å²) in [5.74, 6) is 0. The summed E-state index contributed by atoms with van der Waals surface area (Å²) in [7, 11) is 0. The Labute approximate surface area is 101 Å². The van der Waals surface area contributed by atoms with E-state index in [-0.39, 0.29) is 0 Å². The molecule has 84 valence electrons. The Kier molecular flexibility index (Phi) is 2.62. The van der Waals surface area contributed by atoms with Gasteiger partial charge < -0.3 is 4.40 Å². The van der Waals surface area contributed by atoms with Crippen molar-refractivity contribution in [1.82, 2.24) is 9.38 Å². The maximum atomic E-state index is 4.12. The number of imidazole rings is 1. The number of benzene rings is 1. The molecule has 0 aliphatic heterocycles. The number of aromatic nitrogens is 2. The maximum Gasteiger partial charge on any atom is 0.0992 e. The molecule has 0 radical (unpaired) electrons. The van der Waals surface area contributed by atoms with Gasteiger partial charge >= 0.3 is 0 Å². The van der Waals surface area contributed by atoms with Crippen LogP contribution in [0.3, 0.4) is 0 Å². The summed E-state index contributed by atoms with van der Waals surface area (Å²) in [6, 6.07) is 14.9. The highest BCUT2D eigenvalue weighted by atomic mass is 15.0. The maximum absolute atomic E-state index is 4.12. The summed E-state index contributed by atoms with van der Waals surface area (Å²) in [6.45, 7) is 0. The van der Waals surface area contributed by atoms with Crippen molar-refractivity contribution in [2.45, 2.75) is 12.8 Å². The van der Waals surface area contributed by atoms with Gasteiger partial charge in [-0.3, -0.25) is 0 Å². The highest BCUT2D eigenvalue weighted by Crippen LogP contribution is 2.09. The first-order valence-corrected chi connectivity index (χ1v) is 5.86. The average Bonchev–Trinajstić information content (AvgIpc) is 2.85. The van der Waals surface area contributed by atoms with Crippen LogP contribution in [0.5, 0.6) is 0 Å². The molecule has 0 aliphatic carbocycles. The first kappa shape index (κ1) is 10.1. The largest absolute Gasteiger partial charge is 0.306 e. The van der Waals surface area contributed by atoms with Gasteiger partial charge in [0.15, 0.2) is 0 Å². The Hall–Kier alpha value is -2.09. The lowest BCUT2D eigenvalue weighted by Crippen LogP contribution is -1.93. The van der Waals surface area contributed by atoms with Crippen molar-refractivity contribution in [3.8, 4) is 0 Å². The van der Waals surface area contributed by atoms with E-state index in [1.807, 2.05) is 12.5 Å². The van der Waals surface area contributed by atoms with E-state index in [4.69, 9.17) is 0 Å². The van der Waals surface area contributed by atoms with Gasteiger partial charge in [0, 0.05) is 6.20 Å². The van der Waals surface area contributed by atoms with Crippen molar-refractivity contribution in [3.05, 3.63) is 72.3 Å². The minimum absolute atomic E-state index is 1.07. The van der Waals surface area contributed by atoms with E-state index in [1.54, 1.807) is 0 Å². The Morgan fingerprint density at radius 3 is 2.59 bits per heavy atom. The summed E-state index contributed by atoms with van der Waals surface area (Å²) in [6.07, 6.45) is 8.03. The summed E-state index contributed by atoms with van der Waals surface area (Å²) in [4.78, 5) is 4.12. The quantitative estimate of drug-likeness (QED) is 0.665. The highest BCUT2D eigenvalue weighted by molar-refractivity contribution is 5.45. The van der Waals surface area contributed by atoms with E-state index in [9.17, 15) is 0 Å². The third kappa shape index (κ3) is 2.21. The molecule has 2 heterocycles. The van der Waals surface area contributed by atoms with Gasteiger partial charge in [-0.2, -0.15) is 0 Å². The minimum atomic E-state index is 1.07. The van der Waals surface area contributed by atoms with Crippen LogP contribution < -0.4 is 0 Å². The van der Waals surface area contributed by atoms with Crippen molar-refractivity contribution in [1.29, 1.82) is 0 Å². The molecule has 0 N–H and O–H groups in total. The Balaban J connectivity index is 1.76.